The second kappa shape index (κ2) is 5.74. The van der Waals surface area contributed by atoms with Crippen molar-refractivity contribution in [1.82, 2.24) is 4.90 Å². The molecule has 1 amide bonds. The number of nitrogens with zero attached hydrogens (tertiary/aromatic N) is 1. The van der Waals surface area contributed by atoms with Crippen LogP contribution in [-0.2, 0) is 4.79 Å². The van der Waals surface area contributed by atoms with Gasteiger partial charge in [-0.15, -0.1) is 11.3 Å². The molecule has 1 N–H and O–H groups in total. The van der Waals surface area contributed by atoms with Crippen LogP contribution in [0.4, 0.5) is 0 Å². The number of aryl methyl sites for hydroxylation is 2. The van der Waals surface area contributed by atoms with Crippen LogP contribution in [0.5, 0.6) is 0 Å². The van der Waals surface area contributed by atoms with Crippen molar-refractivity contribution in [3.8, 4) is 0 Å². The van der Waals surface area contributed by atoms with Crippen molar-refractivity contribution in [2.24, 2.45) is 0 Å². The molecule has 0 unspecified atom stereocenters. The van der Waals surface area contributed by atoms with E-state index in [1.54, 1.807) is 4.90 Å². The summed E-state index contributed by atoms with van der Waals surface area (Å²) in [5.41, 5.74) is 1.09. The fourth-order valence-corrected chi connectivity index (χ4v) is 3.54. The van der Waals surface area contributed by atoms with Gasteiger partial charge in [-0.1, -0.05) is 12.8 Å². The molecule has 0 spiro atoms. The summed E-state index contributed by atoms with van der Waals surface area (Å²) in [4.78, 5) is 26.8. The number of carboxylic acid groups (broad SMARTS) is 1. The van der Waals surface area contributed by atoms with Gasteiger partial charge in [0.15, 0.2) is 0 Å². The molecule has 1 fully saturated rings. The van der Waals surface area contributed by atoms with Crippen LogP contribution in [0.1, 0.15) is 45.8 Å². The highest BCUT2D eigenvalue weighted by atomic mass is 32.1. The van der Waals surface area contributed by atoms with Crippen LogP contribution in [0.15, 0.2) is 6.07 Å². The molecule has 5 heteroatoms. The third-order valence-electron chi connectivity index (χ3n) is 3.71. The van der Waals surface area contributed by atoms with Gasteiger partial charge in [-0.3, -0.25) is 9.59 Å². The molecule has 0 radical (unpaired) electrons. The summed E-state index contributed by atoms with van der Waals surface area (Å²) in [5.74, 6) is -1.07. The summed E-state index contributed by atoms with van der Waals surface area (Å²) < 4.78 is 0. The zero-order valence-electron chi connectivity index (χ0n) is 11.3. The van der Waals surface area contributed by atoms with Gasteiger partial charge in [0.2, 0.25) is 0 Å². The highest BCUT2D eigenvalue weighted by molar-refractivity contribution is 7.14. The van der Waals surface area contributed by atoms with Crippen molar-refractivity contribution < 1.29 is 14.7 Å². The van der Waals surface area contributed by atoms with E-state index in [9.17, 15) is 9.59 Å². The number of hydrogen-bond donors (Lipinski definition) is 1. The molecule has 2 rings (SSSR count). The second-order valence-electron chi connectivity index (χ2n) is 5.11. The molecule has 4 nitrogen and oxygen atoms in total. The van der Waals surface area contributed by atoms with E-state index in [1.165, 1.54) is 11.3 Å². The SMILES string of the molecule is Cc1cc(C(=O)N(CC(=O)O)C2CCCC2)sc1C. The van der Waals surface area contributed by atoms with Crippen LogP contribution in [-0.4, -0.2) is 34.5 Å². The summed E-state index contributed by atoms with van der Waals surface area (Å²) >= 11 is 1.45. The fourth-order valence-electron chi connectivity index (χ4n) is 2.55. The zero-order chi connectivity index (χ0) is 14.0. The number of hydrogen-bond acceptors (Lipinski definition) is 3. The lowest BCUT2D eigenvalue weighted by Crippen LogP contribution is -2.42. The Morgan fingerprint density at radius 1 is 1.37 bits per heavy atom. The van der Waals surface area contributed by atoms with Crippen molar-refractivity contribution in [3.05, 3.63) is 21.4 Å². The topological polar surface area (TPSA) is 57.6 Å². The van der Waals surface area contributed by atoms with Gasteiger partial charge in [0.25, 0.3) is 5.91 Å². The third-order valence-corrected chi connectivity index (χ3v) is 4.85. The van der Waals surface area contributed by atoms with Gasteiger partial charge >= 0.3 is 5.97 Å². The summed E-state index contributed by atoms with van der Waals surface area (Å²) in [5, 5.41) is 9.01. The lowest BCUT2D eigenvalue weighted by molar-refractivity contribution is -0.138. The molecule has 1 aliphatic rings. The molecular weight excluding hydrogens is 262 g/mol. The number of carbonyl (C=O) groups excluding carboxylic acids is 1. The van der Waals surface area contributed by atoms with Crippen LogP contribution >= 0.6 is 11.3 Å². The van der Waals surface area contributed by atoms with Crippen LogP contribution in [0.2, 0.25) is 0 Å². The smallest absolute Gasteiger partial charge is 0.323 e. The van der Waals surface area contributed by atoms with Gasteiger partial charge < -0.3 is 10.0 Å². The van der Waals surface area contributed by atoms with Gasteiger partial charge in [0, 0.05) is 10.9 Å². The van der Waals surface area contributed by atoms with Gasteiger partial charge in [-0.25, -0.2) is 0 Å². The largest absolute Gasteiger partial charge is 0.480 e. The first kappa shape index (κ1) is 14.1. The molecule has 1 aliphatic carbocycles. The Bertz CT molecular complexity index is 469. The average molecular weight is 281 g/mol. The maximum Gasteiger partial charge on any atom is 0.323 e. The minimum Gasteiger partial charge on any atom is -0.480 e. The monoisotopic (exact) mass is 281 g/mol. The van der Waals surface area contributed by atoms with E-state index in [0.29, 0.717) is 4.88 Å². The van der Waals surface area contributed by atoms with Gasteiger partial charge in [0.05, 0.1) is 4.88 Å². The molecule has 19 heavy (non-hydrogen) atoms. The zero-order valence-corrected chi connectivity index (χ0v) is 12.1. The Kier molecular flexibility index (Phi) is 4.24. The van der Waals surface area contributed by atoms with Crippen molar-refractivity contribution in [3.63, 3.8) is 0 Å². The van der Waals surface area contributed by atoms with Crippen molar-refractivity contribution >= 4 is 23.2 Å². The third kappa shape index (κ3) is 3.15. The lowest BCUT2D eigenvalue weighted by Gasteiger charge is -2.26. The lowest BCUT2D eigenvalue weighted by atomic mass is 10.2. The minimum absolute atomic E-state index is 0.0892. The van der Waals surface area contributed by atoms with Crippen LogP contribution in [0.25, 0.3) is 0 Å². The molecule has 0 aliphatic heterocycles. The minimum atomic E-state index is -0.940. The first-order valence-corrected chi connectivity index (χ1v) is 7.40. The van der Waals surface area contributed by atoms with Crippen LogP contribution in [0, 0.1) is 13.8 Å². The summed E-state index contributed by atoms with van der Waals surface area (Å²) in [7, 11) is 0. The quantitative estimate of drug-likeness (QED) is 0.923. The highest BCUT2D eigenvalue weighted by Gasteiger charge is 2.29. The molecule has 1 aromatic heterocycles. The van der Waals surface area contributed by atoms with E-state index < -0.39 is 5.97 Å². The highest BCUT2D eigenvalue weighted by Crippen LogP contribution is 2.27. The summed E-state index contributed by atoms with van der Waals surface area (Å²) in [6.45, 7) is 3.76. The van der Waals surface area contributed by atoms with Crippen molar-refractivity contribution in [2.75, 3.05) is 6.54 Å². The molecule has 0 aromatic carbocycles. The second-order valence-corrected chi connectivity index (χ2v) is 6.37. The first-order chi connectivity index (χ1) is 8.99. The predicted octanol–water partition coefficient (Wildman–Crippen LogP) is 2.83. The number of thiophene rings is 1. The molecule has 1 saturated carbocycles. The maximum absolute atomic E-state index is 12.5. The number of carbonyl (C=O) groups is 2. The standard InChI is InChI=1S/C14H19NO3S/c1-9-7-12(19-10(9)2)14(18)15(8-13(16)17)11-5-3-4-6-11/h7,11H,3-6,8H2,1-2H3,(H,16,17). The number of amides is 1. The predicted molar refractivity (Wildman–Crippen MR) is 74.7 cm³/mol. The van der Waals surface area contributed by atoms with E-state index >= 15 is 0 Å². The van der Waals surface area contributed by atoms with E-state index in [0.717, 1.165) is 36.1 Å². The Labute approximate surface area is 117 Å². The molecule has 0 bridgehead atoms. The maximum atomic E-state index is 12.5. The number of rotatable bonds is 4. The Morgan fingerprint density at radius 3 is 2.47 bits per heavy atom. The Morgan fingerprint density at radius 2 is 2.00 bits per heavy atom. The van der Waals surface area contributed by atoms with Gasteiger partial charge in [-0.05, 0) is 38.3 Å². The van der Waals surface area contributed by atoms with E-state index in [4.69, 9.17) is 5.11 Å². The van der Waals surface area contributed by atoms with E-state index in [-0.39, 0.29) is 18.5 Å². The molecular formula is C14H19NO3S. The van der Waals surface area contributed by atoms with E-state index in [1.807, 2.05) is 19.9 Å². The number of carboxylic acids is 1. The molecule has 1 aromatic rings. The summed E-state index contributed by atoms with van der Waals surface area (Å²) in [6, 6.07) is 1.96. The molecule has 1 heterocycles. The van der Waals surface area contributed by atoms with Gasteiger partial charge in [-0.2, -0.15) is 0 Å². The first-order valence-electron chi connectivity index (χ1n) is 6.59. The number of aliphatic carboxylic acids is 1. The Balaban J connectivity index is 2.21. The van der Waals surface area contributed by atoms with E-state index in [2.05, 4.69) is 0 Å². The normalized spacial score (nSPS) is 15.7. The van der Waals surface area contributed by atoms with Crippen molar-refractivity contribution in [1.29, 1.82) is 0 Å². The van der Waals surface area contributed by atoms with Crippen molar-refractivity contribution in [2.45, 2.75) is 45.6 Å². The van der Waals surface area contributed by atoms with Gasteiger partial charge in [0.1, 0.15) is 6.54 Å². The molecule has 104 valence electrons. The fraction of sp³-hybridized carbons (Fsp3) is 0.571. The summed E-state index contributed by atoms with van der Waals surface area (Å²) in [6.07, 6.45) is 4.00. The molecule has 0 atom stereocenters. The van der Waals surface area contributed by atoms with Crippen LogP contribution in [0.3, 0.4) is 0 Å². The van der Waals surface area contributed by atoms with Crippen LogP contribution < -0.4 is 0 Å². The Hall–Kier alpha value is -1.36. The molecule has 0 saturated heterocycles. The average Bonchev–Trinajstić information content (AvgIpc) is 2.96.